The number of hydrogen-bond acceptors (Lipinski definition) is 8. The number of aliphatic hydroxyl groups is 1. The van der Waals surface area contributed by atoms with Gasteiger partial charge in [-0.05, 0) is 29.8 Å². The Morgan fingerprint density at radius 3 is 1.79 bits per heavy atom. The largest absolute Gasteiger partial charge is 0.480 e. The van der Waals surface area contributed by atoms with Gasteiger partial charge in [0.05, 0.1) is 20.8 Å². The summed E-state index contributed by atoms with van der Waals surface area (Å²) in [5.41, 5.74) is 1.41. The Bertz CT molecular complexity index is 1370. The lowest BCUT2D eigenvalue weighted by Crippen LogP contribution is -2.43. The Hall–Kier alpha value is -4.35. The Morgan fingerprint density at radius 2 is 1.36 bits per heavy atom. The van der Waals surface area contributed by atoms with Gasteiger partial charge in [0, 0.05) is 43.3 Å². The van der Waals surface area contributed by atoms with Crippen molar-refractivity contribution in [1.29, 1.82) is 0 Å². The van der Waals surface area contributed by atoms with Gasteiger partial charge in [-0.1, -0.05) is 73.0 Å². The molecule has 0 saturated carbocycles. The third-order valence-electron chi connectivity index (χ3n) is 5.89. The van der Waals surface area contributed by atoms with Gasteiger partial charge in [-0.3, -0.25) is 10.1 Å². The highest BCUT2D eigenvalue weighted by molar-refractivity contribution is 7.82. The second-order valence-electron chi connectivity index (χ2n) is 9.12. The lowest BCUT2D eigenvalue weighted by atomic mass is 9.79. The van der Waals surface area contributed by atoms with E-state index in [0.717, 1.165) is 0 Å². The van der Waals surface area contributed by atoms with Crippen molar-refractivity contribution in [3.63, 3.8) is 0 Å². The van der Waals surface area contributed by atoms with Gasteiger partial charge in [-0.15, -0.1) is 0 Å². The molecule has 11 heteroatoms. The lowest BCUT2D eigenvalue weighted by molar-refractivity contribution is -0.384. The van der Waals surface area contributed by atoms with Crippen LogP contribution in [0.2, 0.25) is 0 Å². The molecule has 0 saturated heterocycles. The van der Waals surface area contributed by atoms with E-state index < -0.39 is 34.5 Å². The molecule has 1 atom stereocenters. The summed E-state index contributed by atoms with van der Waals surface area (Å²) in [5, 5.41) is 28.6. The van der Waals surface area contributed by atoms with Crippen LogP contribution < -0.4 is 10.6 Å². The molecule has 0 amide bonds. The van der Waals surface area contributed by atoms with Crippen LogP contribution >= 0.6 is 24.4 Å². The molecule has 9 nitrogen and oxygen atoms in total. The van der Waals surface area contributed by atoms with Crippen molar-refractivity contribution in [2.24, 2.45) is 5.92 Å². The van der Waals surface area contributed by atoms with Crippen molar-refractivity contribution in [2.45, 2.75) is 25.6 Å². The Morgan fingerprint density at radius 1 is 0.872 bits per heavy atom. The number of esters is 1. The molecule has 3 aromatic rings. The maximum Gasteiger partial charge on any atom is 0.345 e. The minimum Gasteiger partial charge on any atom is -0.480 e. The summed E-state index contributed by atoms with van der Waals surface area (Å²) in [6.45, 7) is 2.97. The zero-order valence-corrected chi connectivity index (χ0v) is 22.6. The lowest BCUT2D eigenvalue weighted by Gasteiger charge is -2.36. The SMILES string of the molecule is CC1(C)OC(=O)C(C(c2ccc([N+](=O)[O-])cc2)C(C(=S)Nc2ccccc2)C(=S)Nc2ccccc2)=C(O)O1. The fraction of sp³-hybridized carbons (Fsp3) is 0.179. The van der Waals surface area contributed by atoms with Crippen LogP contribution in [0.4, 0.5) is 17.1 Å². The first-order valence-corrected chi connectivity index (χ1v) is 12.7. The highest BCUT2D eigenvalue weighted by Crippen LogP contribution is 2.41. The maximum atomic E-state index is 13.3. The number of nitro groups is 1. The summed E-state index contributed by atoms with van der Waals surface area (Å²) >= 11 is 11.7. The summed E-state index contributed by atoms with van der Waals surface area (Å²) in [7, 11) is 0. The van der Waals surface area contributed by atoms with E-state index in [2.05, 4.69) is 10.6 Å². The van der Waals surface area contributed by atoms with Crippen molar-refractivity contribution in [3.05, 3.63) is 112 Å². The van der Waals surface area contributed by atoms with Gasteiger partial charge < -0.3 is 25.2 Å². The molecular formula is C28H25N3O6S2. The molecule has 39 heavy (non-hydrogen) atoms. The molecule has 0 spiro atoms. The van der Waals surface area contributed by atoms with Crippen molar-refractivity contribution in [3.8, 4) is 0 Å². The Balaban J connectivity index is 1.87. The number of carbonyl (C=O) groups excluding carboxylic acids is 1. The number of non-ortho nitro benzene ring substituents is 1. The van der Waals surface area contributed by atoms with E-state index in [1.54, 1.807) is 0 Å². The highest BCUT2D eigenvalue weighted by Gasteiger charge is 2.45. The summed E-state index contributed by atoms with van der Waals surface area (Å²) in [6.07, 6.45) is 0. The topological polar surface area (TPSA) is 123 Å². The van der Waals surface area contributed by atoms with Crippen LogP contribution in [-0.2, 0) is 14.3 Å². The standard InChI is InChI=1S/C28H25N3O6S2/c1-28(2)36-26(32)23(27(33)37-28)21(17-13-15-20(16-14-17)31(34)35)22(24(38)29-18-9-5-3-6-10-18)25(39)30-19-11-7-4-8-12-19/h3-16,21-22,32H,1-2H3,(H,29,38)(H,30,39). The van der Waals surface area contributed by atoms with E-state index in [1.807, 2.05) is 60.7 Å². The van der Waals surface area contributed by atoms with Crippen LogP contribution in [-0.4, -0.2) is 31.8 Å². The van der Waals surface area contributed by atoms with E-state index in [9.17, 15) is 20.0 Å². The van der Waals surface area contributed by atoms with Crippen LogP contribution in [0.3, 0.4) is 0 Å². The summed E-state index contributed by atoms with van der Waals surface area (Å²) < 4.78 is 11.0. The number of para-hydroxylation sites is 2. The Labute approximate surface area is 235 Å². The van der Waals surface area contributed by atoms with Gasteiger partial charge in [-0.2, -0.15) is 0 Å². The number of thiocarbonyl (C=S) groups is 2. The van der Waals surface area contributed by atoms with Gasteiger partial charge in [0.2, 0.25) is 0 Å². The van der Waals surface area contributed by atoms with Crippen LogP contribution in [0.25, 0.3) is 0 Å². The number of nitrogens with one attached hydrogen (secondary N) is 2. The monoisotopic (exact) mass is 563 g/mol. The van der Waals surface area contributed by atoms with E-state index in [1.165, 1.54) is 38.1 Å². The summed E-state index contributed by atoms with van der Waals surface area (Å²) in [4.78, 5) is 24.6. The van der Waals surface area contributed by atoms with Gasteiger partial charge in [0.25, 0.3) is 17.4 Å². The normalized spacial score (nSPS) is 15.1. The van der Waals surface area contributed by atoms with Crippen LogP contribution in [0.1, 0.15) is 25.3 Å². The first kappa shape index (κ1) is 27.7. The average Bonchev–Trinajstić information content (AvgIpc) is 2.88. The molecule has 4 rings (SSSR count). The number of ether oxygens (including phenoxy) is 2. The first-order valence-electron chi connectivity index (χ1n) is 11.9. The molecule has 0 aliphatic carbocycles. The van der Waals surface area contributed by atoms with E-state index in [0.29, 0.717) is 16.9 Å². The second-order valence-corrected chi connectivity index (χ2v) is 10.0. The molecule has 200 valence electrons. The number of hydrogen-bond donors (Lipinski definition) is 3. The first-order chi connectivity index (χ1) is 18.6. The fourth-order valence-corrected chi connectivity index (χ4v) is 4.99. The van der Waals surface area contributed by atoms with E-state index in [-0.39, 0.29) is 21.2 Å². The molecule has 1 aliphatic rings. The third kappa shape index (κ3) is 6.57. The smallest absolute Gasteiger partial charge is 0.345 e. The molecule has 3 N–H and O–H groups in total. The molecular weight excluding hydrogens is 538 g/mol. The molecule has 1 heterocycles. The molecule has 1 unspecified atom stereocenters. The van der Waals surface area contributed by atoms with Gasteiger partial charge >= 0.3 is 5.97 Å². The molecule has 0 fully saturated rings. The zero-order chi connectivity index (χ0) is 28.2. The maximum absolute atomic E-state index is 13.3. The van der Waals surface area contributed by atoms with Crippen molar-refractivity contribution < 1.29 is 24.3 Å². The second kappa shape index (κ2) is 11.6. The third-order valence-corrected chi connectivity index (χ3v) is 6.60. The van der Waals surface area contributed by atoms with Crippen molar-refractivity contribution >= 4 is 57.4 Å². The van der Waals surface area contributed by atoms with Gasteiger partial charge in [0.15, 0.2) is 0 Å². The van der Waals surface area contributed by atoms with Crippen molar-refractivity contribution in [2.75, 3.05) is 10.6 Å². The predicted octanol–water partition coefficient (Wildman–Crippen LogP) is 6.25. The minimum absolute atomic E-state index is 0.147. The number of anilines is 2. The molecule has 0 aromatic heterocycles. The average molecular weight is 564 g/mol. The van der Waals surface area contributed by atoms with Crippen molar-refractivity contribution in [1.82, 2.24) is 0 Å². The van der Waals surface area contributed by atoms with E-state index >= 15 is 0 Å². The molecule has 1 aliphatic heterocycles. The Kier molecular flexibility index (Phi) is 8.22. The fourth-order valence-electron chi connectivity index (χ4n) is 4.17. The summed E-state index contributed by atoms with van der Waals surface area (Å²) in [5.74, 6) is -4.85. The zero-order valence-electron chi connectivity index (χ0n) is 21.0. The van der Waals surface area contributed by atoms with Gasteiger partial charge in [0.1, 0.15) is 5.57 Å². The quantitative estimate of drug-likeness (QED) is 0.125. The predicted molar refractivity (Wildman–Crippen MR) is 156 cm³/mol. The number of aliphatic hydroxyl groups excluding tert-OH is 1. The highest BCUT2D eigenvalue weighted by atomic mass is 32.1. The van der Waals surface area contributed by atoms with Crippen LogP contribution in [0.15, 0.2) is 96.4 Å². The number of carbonyl (C=O) groups is 1. The van der Waals surface area contributed by atoms with Gasteiger partial charge in [-0.25, -0.2) is 4.79 Å². The molecule has 0 bridgehead atoms. The number of benzene rings is 3. The molecule has 3 aromatic carbocycles. The number of nitrogens with zero attached hydrogens (tertiary/aromatic N) is 1. The molecule has 0 radical (unpaired) electrons. The number of nitro benzene ring substituents is 1. The van der Waals surface area contributed by atoms with Crippen LogP contribution in [0, 0.1) is 16.0 Å². The minimum atomic E-state index is -1.41. The number of rotatable bonds is 8. The van der Waals surface area contributed by atoms with E-state index in [4.69, 9.17) is 33.9 Å². The van der Waals surface area contributed by atoms with Crippen LogP contribution in [0.5, 0.6) is 0 Å². The summed E-state index contributed by atoms with van der Waals surface area (Å²) in [6, 6.07) is 23.9. The number of cyclic esters (lactones) is 1.